The molecule has 0 unspecified atom stereocenters. The summed E-state index contributed by atoms with van der Waals surface area (Å²) in [5.41, 5.74) is 2.71. The van der Waals surface area contributed by atoms with Gasteiger partial charge in [-0.25, -0.2) is 0 Å². The van der Waals surface area contributed by atoms with E-state index in [2.05, 4.69) is 0 Å². The van der Waals surface area contributed by atoms with Crippen molar-refractivity contribution in [2.45, 2.75) is 20.3 Å². The first-order chi connectivity index (χ1) is 12.4. The highest BCUT2D eigenvalue weighted by molar-refractivity contribution is 5.91. The van der Waals surface area contributed by atoms with Gasteiger partial charge in [-0.15, -0.1) is 0 Å². The predicted octanol–water partition coefficient (Wildman–Crippen LogP) is 4.39. The minimum Gasteiger partial charge on any atom is -0.508 e. The number of phenols is 2. The molecule has 0 radical (unpaired) electrons. The van der Waals surface area contributed by atoms with Crippen LogP contribution in [0.15, 0.2) is 57.5 Å². The SMILES string of the molecule is COc1cc(O)c2c(=O)c(-c3ccc(O)cc3)coc2c1CC=C(C)C. The molecule has 0 aliphatic heterocycles. The number of methoxy groups -OCH3 is 1. The van der Waals surface area contributed by atoms with Crippen molar-refractivity contribution in [3.05, 3.63) is 64.0 Å². The summed E-state index contributed by atoms with van der Waals surface area (Å²) in [5, 5.41) is 19.9. The number of hydrogen-bond donors (Lipinski definition) is 2. The highest BCUT2D eigenvalue weighted by atomic mass is 16.5. The molecule has 26 heavy (non-hydrogen) atoms. The molecule has 0 fully saturated rings. The number of rotatable bonds is 4. The zero-order valence-electron chi connectivity index (χ0n) is 14.9. The number of hydrogen-bond acceptors (Lipinski definition) is 5. The van der Waals surface area contributed by atoms with Crippen molar-refractivity contribution in [1.29, 1.82) is 0 Å². The van der Waals surface area contributed by atoms with E-state index in [0.717, 1.165) is 5.57 Å². The summed E-state index contributed by atoms with van der Waals surface area (Å²) in [7, 11) is 1.51. The van der Waals surface area contributed by atoms with Crippen LogP contribution in [0.3, 0.4) is 0 Å². The maximum atomic E-state index is 13.0. The Morgan fingerprint density at radius 2 is 1.88 bits per heavy atom. The van der Waals surface area contributed by atoms with Crippen LogP contribution < -0.4 is 10.2 Å². The third kappa shape index (κ3) is 3.16. The second kappa shape index (κ2) is 6.96. The van der Waals surface area contributed by atoms with Gasteiger partial charge in [0.2, 0.25) is 5.43 Å². The Balaban J connectivity index is 2.29. The molecule has 2 N–H and O–H groups in total. The van der Waals surface area contributed by atoms with Gasteiger partial charge in [0, 0.05) is 11.6 Å². The number of phenolic OH excluding ortho intramolecular Hbond substituents is 2. The lowest BCUT2D eigenvalue weighted by Crippen LogP contribution is -2.07. The van der Waals surface area contributed by atoms with Crippen molar-refractivity contribution < 1.29 is 19.4 Å². The summed E-state index contributed by atoms with van der Waals surface area (Å²) in [4.78, 5) is 13.0. The normalized spacial score (nSPS) is 10.7. The fourth-order valence-electron chi connectivity index (χ4n) is 2.84. The standard InChI is InChI=1S/C21H20O5/c1-12(2)4-9-15-18(25-3)10-17(23)19-20(24)16(11-26-21(15)19)13-5-7-14(22)8-6-13/h4-8,10-11,22-23H,9H2,1-3H3. The van der Waals surface area contributed by atoms with E-state index in [1.165, 1.54) is 31.6 Å². The van der Waals surface area contributed by atoms with Gasteiger partial charge in [-0.05, 0) is 38.0 Å². The molecule has 1 aromatic heterocycles. The molecule has 2 aromatic carbocycles. The van der Waals surface area contributed by atoms with Crippen molar-refractivity contribution in [3.63, 3.8) is 0 Å². The lowest BCUT2D eigenvalue weighted by Gasteiger charge is -2.12. The molecule has 0 atom stereocenters. The molecule has 3 rings (SSSR count). The zero-order chi connectivity index (χ0) is 18.8. The van der Waals surface area contributed by atoms with Crippen LogP contribution in [0.1, 0.15) is 19.4 Å². The van der Waals surface area contributed by atoms with E-state index in [-0.39, 0.29) is 22.3 Å². The summed E-state index contributed by atoms with van der Waals surface area (Å²) in [6.07, 6.45) is 3.90. The van der Waals surface area contributed by atoms with Crippen molar-refractivity contribution in [2.75, 3.05) is 7.11 Å². The number of fused-ring (bicyclic) bond motifs is 1. The monoisotopic (exact) mass is 352 g/mol. The molecule has 0 bridgehead atoms. The Kier molecular flexibility index (Phi) is 4.71. The quantitative estimate of drug-likeness (QED) is 0.681. The van der Waals surface area contributed by atoms with Crippen LogP contribution in [0.4, 0.5) is 0 Å². The van der Waals surface area contributed by atoms with Gasteiger partial charge in [-0.1, -0.05) is 23.8 Å². The highest BCUT2D eigenvalue weighted by Crippen LogP contribution is 2.35. The summed E-state index contributed by atoms with van der Waals surface area (Å²) in [5.74, 6) is 0.385. The van der Waals surface area contributed by atoms with E-state index < -0.39 is 0 Å². The number of aromatic hydroxyl groups is 2. The van der Waals surface area contributed by atoms with Crippen molar-refractivity contribution >= 4 is 11.0 Å². The lowest BCUT2D eigenvalue weighted by atomic mass is 10.0. The van der Waals surface area contributed by atoms with Gasteiger partial charge < -0.3 is 19.4 Å². The Bertz CT molecular complexity index is 1040. The van der Waals surface area contributed by atoms with E-state index >= 15 is 0 Å². The van der Waals surface area contributed by atoms with Crippen LogP contribution >= 0.6 is 0 Å². The number of benzene rings is 2. The molecule has 0 amide bonds. The Morgan fingerprint density at radius 3 is 2.50 bits per heavy atom. The van der Waals surface area contributed by atoms with Gasteiger partial charge in [0.05, 0.1) is 12.7 Å². The Labute approximate surface area is 150 Å². The zero-order valence-corrected chi connectivity index (χ0v) is 14.9. The van der Waals surface area contributed by atoms with Crippen LogP contribution in [0.5, 0.6) is 17.2 Å². The molecule has 0 aliphatic rings. The van der Waals surface area contributed by atoms with Crippen molar-refractivity contribution in [1.82, 2.24) is 0 Å². The minimum absolute atomic E-state index is 0.107. The average molecular weight is 352 g/mol. The molecular weight excluding hydrogens is 332 g/mol. The van der Waals surface area contributed by atoms with Crippen LogP contribution in [0.25, 0.3) is 22.1 Å². The van der Waals surface area contributed by atoms with E-state index in [4.69, 9.17) is 9.15 Å². The fraction of sp³-hybridized carbons (Fsp3) is 0.190. The number of ether oxygens (including phenoxy) is 1. The van der Waals surface area contributed by atoms with Crippen LogP contribution in [0.2, 0.25) is 0 Å². The highest BCUT2D eigenvalue weighted by Gasteiger charge is 2.19. The summed E-state index contributed by atoms with van der Waals surface area (Å²) >= 11 is 0. The van der Waals surface area contributed by atoms with Gasteiger partial charge in [0.1, 0.15) is 34.5 Å². The second-order valence-electron chi connectivity index (χ2n) is 6.29. The third-order valence-corrected chi connectivity index (χ3v) is 4.20. The first-order valence-corrected chi connectivity index (χ1v) is 8.19. The van der Waals surface area contributed by atoms with Gasteiger partial charge >= 0.3 is 0 Å². The van der Waals surface area contributed by atoms with Gasteiger partial charge in [0.25, 0.3) is 0 Å². The third-order valence-electron chi connectivity index (χ3n) is 4.20. The molecule has 0 saturated heterocycles. The molecule has 5 heteroatoms. The van der Waals surface area contributed by atoms with Crippen LogP contribution in [-0.4, -0.2) is 17.3 Å². The number of allylic oxidation sites excluding steroid dienone is 2. The fourth-order valence-corrected chi connectivity index (χ4v) is 2.84. The van der Waals surface area contributed by atoms with Gasteiger partial charge in [-0.3, -0.25) is 4.79 Å². The predicted molar refractivity (Wildman–Crippen MR) is 101 cm³/mol. The molecule has 5 nitrogen and oxygen atoms in total. The molecule has 134 valence electrons. The van der Waals surface area contributed by atoms with Crippen LogP contribution in [-0.2, 0) is 6.42 Å². The summed E-state index contributed by atoms with van der Waals surface area (Å²) in [6, 6.07) is 7.67. The van der Waals surface area contributed by atoms with E-state index in [9.17, 15) is 15.0 Å². The molecule has 0 aliphatic carbocycles. The molecule has 3 aromatic rings. The van der Waals surface area contributed by atoms with Gasteiger partial charge in [0.15, 0.2) is 0 Å². The Morgan fingerprint density at radius 1 is 1.19 bits per heavy atom. The maximum Gasteiger partial charge on any atom is 0.204 e. The largest absolute Gasteiger partial charge is 0.508 e. The van der Waals surface area contributed by atoms with Crippen molar-refractivity contribution in [2.24, 2.45) is 0 Å². The second-order valence-corrected chi connectivity index (χ2v) is 6.29. The lowest BCUT2D eigenvalue weighted by molar-refractivity contribution is 0.403. The molecule has 0 spiro atoms. The van der Waals surface area contributed by atoms with E-state index in [0.29, 0.717) is 34.4 Å². The van der Waals surface area contributed by atoms with Crippen molar-refractivity contribution in [3.8, 4) is 28.4 Å². The topological polar surface area (TPSA) is 79.9 Å². The van der Waals surface area contributed by atoms with Gasteiger partial charge in [-0.2, -0.15) is 0 Å². The smallest absolute Gasteiger partial charge is 0.204 e. The van der Waals surface area contributed by atoms with E-state index in [1.807, 2.05) is 19.9 Å². The summed E-state index contributed by atoms with van der Waals surface area (Å²) < 4.78 is 11.1. The average Bonchev–Trinajstić information content (AvgIpc) is 2.61. The minimum atomic E-state index is -0.337. The Hall–Kier alpha value is -3.21. The first kappa shape index (κ1) is 17.6. The molecule has 0 saturated carbocycles. The summed E-state index contributed by atoms with van der Waals surface area (Å²) in [6.45, 7) is 3.96. The van der Waals surface area contributed by atoms with Crippen LogP contribution in [0, 0.1) is 0 Å². The molecular formula is C21H20O5. The first-order valence-electron chi connectivity index (χ1n) is 8.19. The molecule has 1 heterocycles. The van der Waals surface area contributed by atoms with E-state index in [1.54, 1.807) is 12.1 Å². The maximum absolute atomic E-state index is 13.0.